The minimum Gasteiger partial charge on any atom is -0.465 e. The Morgan fingerprint density at radius 1 is 1.29 bits per heavy atom. The van der Waals surface area contributed by atoms with Crippen LogP contribution in [-0.2, 0) is 24.2 Å². The fourth-order valence-corrected chi connectivity index (χ4v) is 5.28. The van der Waals surface area contributed by atoms with Gasteiger partial charge in [0.25, 0.3) is 10.1 Å². The highest BCUT2D eigenvalue weighted by molar-refractivity contribution is 7.86. The van der Waals surface area contributed by atoms with Crippen LogP contribution in [0, 0.1) is 11.8 Å². The molecule has 6 nitrogen and oxygen atoms in total. The monoisotopic (exact) mass is 374 g/mol. The van der Waals surface area contributed by atoms with Crippen molar-refractivity contribution < 1.29 is 27.1 Å². The molecule has 0 spiro atoms. The molecule has 0 aliphatic rings. The number of rotatable bonds is 8. The second-order valence-electron chi connectivity index (χ2n) is 6.08. The first-order valence-electron chi connectivity index (χ1n) is 7.62. The molecular formula is C16H23O6PS. The van der Waals surface area contributed by atoms with E-state index in [0.29, 0.717) is 5.56 Å². The molecule has 0 aliphatic heterocycles. The summed E-state index contributed by atoms with van der Waals surface area (Å²) in [6.07, 6.45) is 0. The molecule has 1 N–H and O–H groups in total. The fourth-order valence-electron chi connectivity index (χ4n) is 3.01. The first kappa shape index (κ1) is 20.7. The van der Waals surface area contributed by atoms with E-state index in [-0.39, 0.29) is 12.5 Å². The van der Waals surface area contributed by atoms with Gasteiger partial charge in [0, 0.05) is 5.92 Å². The minimum absolute atomic E-state index is 0.0800. The maximum atomic E-state index is 12.4. The van der Waals surface area contributed by atoms with E-state index in [4.69, 9.17) is 4.74 Å². The average molecular weight is 374 g/mol. The number of benzene rings is 1. The van der Waals surface area contributed by atoms with Crippen molar-refractivity contribution in [3.8, 4) is 0 Å². The molecule has 1 aromatic carbocycles. The second kappa shape index (κ2) is 8.19. The zero-order valence-electron chi connectivity index (χ0n) is 14.2. The van der Waals surface area contributed by atoms with Crippen LogP contribution in [0.4, 0.5) is 0 Å². The molecule has 0 aromatic heterocycles. The average Bonchev–Trinajstić information content (AvgIpc) is 2.51. The molecule has 0 heterocycles. The normalized spacial score (nSPS) is 17.2. The molecule has 0 saturated heterocycles. The van der Waals surface area contributed by atoms with Gasteiger partial charge < -0.3 is 4.74 Å². The van der Waals surface area contributed by atoms with Gasteiger partial charge in [-0.2, -0.15) is 8.42 Å². The van der Waals surface area contributed by atoms with E-state index >= 15 is 0 Å². The third-order valence-electron chi connectivity index (χ3n) is 4.02. The predicted octanol–water partition coefficient (Wildman–Crippen LogP) is 3.50. The van der Waals surface area contributed by atoms with Crippen LogP contribution in [0.25, 0.3) is 0 Å². The highest BCUT2D eigenvalue weighted by atomic mass is 32.2. The Morgan fingerprint density at radius 3 is 2.21 bits per heavy atom. The molecule has 0 fully saturated rings. The lowest BCUT2D eigenvalue weighted by atomic mass is 9.78. The van der Waals surface area contributed by atoms with Gasteiger partial charge in [0.1, 0.15) is 10.4 Å². The summed E-state index contributed by atoms with van der Waals surface area (Å²) in [5.41, 5.74) is 0.331. The zero-order valence-corrected chi connectivity index (χ0v) is 15.9. The SMILES string of the molecule is CCOC(=O)C(C)(P=O)C(C(C)C)C(c1ccccc1)S(=O)(=O)O. The molecule has 0 radical (unpaired) electrons. The van der Waals surface area contributed by atoms with Crippen LogP contribution in [0.1, 0.15) is 38.5 Å². The number of hydrogen-bond acceptors (Lipinski definition) is 5. The first-order valence-corrected chi connectivity index (χ1v) is 9.94. The van der Waals surface area contributed by atoms with E-state index in [1.54, 1.807) is 51.1 Å². The van der Waals surface area contributed by atoms with Crippen LogP contribution < -0.4 is 0 Å². The van der Waals surface area contributed by atoms with Crippen LogP contribution >= 0.6 is 8.46 Å². The quantitative estimate of drug-likeness (QED) is 0.425. The first-order chi connectivity index (χ1) is 11.1. The summed E-state index contributed by atoms with van der Waals surface area (Å²) in [6.45, 7) is 6.52. The van der Waals surface area contributed by atoms with Crippen LogP contribution in [0.15, 0.2) is 30.3 Å². The summed E-state index contributed by atoms with van der Waals surface area (Å²) in [5, 5.41) is -3.00. The molecule has 134 valence electrons. The van der Waals surface area contributed by atoms with Crippen molar-refractivity contribution in [2.75, 3.05) is 6.61 Å². The molecule has 0 bridgehead atoms. The van der Waals surface area contributed by atoms with E-state index in [9.17, 15) is 22.3 Å². The van der Waals surface area contributed by atoms with Gasteiger partial charge in [0.2, 0.25) is 0 Å². The van der Waals surface area contributed by atoms with Crippen molar-refractivity contribution in [1.82, 2.24) is 0 Å². The van der Waals surface area contributed by atoms with Crippen molar-refractivity contribution in [2.45, 2.75) is 38.1 Å². The van der Waals surface area contributed by atoms with Crippen molar-refractivity contribution in [3.05, 3.63) is 35.9 Å². The van der Waals surface area contributed by atoms with E-state index in [1.807, 2.05) is 0 Å². The van der Waals surface area contributed by atoms with Gasteiger partial charge in [-0.25, -0.2) is 0 Å². The van der Waals surface area contributed by atoms with Gasteiger partial charge in [0.05, 0.1) is 6.61 Å². The Labute approximate surface area is 144 Å². The number of carbonyl (C=O) groups excluding carboxylic acids is 1. The molecule has 0 saturated carbocycles. The summed E-state index contributed by atoms with van der Waals surface area (Å²) in [5.74, 6) is -2.08. The molecule has 0 aliphatic carbocycles. The van der Waals surface area contributed by atoms with Crippen molar-refractivity contribution in [2.24, 2.45) is 11.8 Å². The zero-order chi connectivity index (χ0) is 18.5. The molecule has 24 heavy (non-hydrogen) atoms. The highest BCUT2D eigenvalue weighted by Crippen LogP contribution is 2.47. The summed E-state index contributed by atoms with van der Waals surface area (Å²) < 4.78 is 51.0. The third kappa shape index (κ3) is 4.41. The smallest absolute Gasteiger partial charge is 0.323 e. The van der Waals surface area contributed by atoms with E-state index in [2.05, 4.69) is 0 Å². The van der Waals surface area contributed by atoms with Crippen LogP contribution in [0.5, 0.6) is 0 Å². The highest BCUT2D eigenvalue weighted by Gasteiger charge is 2.52. The number of esters is 1. The van der Waals surface area contributed by atoms with Crippen molar-refractivity contribution in [3.63, 3.8) is 0 Å². The largest absolute Gasteiger partial charge is 0.465 e. The summed E-state index contributed by atoms with van der Waals surface area (Å²) in [7, 11) is -5.12. The predicted molar refractivity (Wildman–Crippen MR) is 91.7 cm³/mol. The van der Waals surface area contributed by atoms with E-state index < -0.39 is 40.9 Å². The van der Waals surface area contributed by atoms with Gasteiger partial charge in [-0.15, -0.1) is 0 Å². The molecule has 3 atom stereocenters. The summed E-state index contributed by atoms with van der Waals surface area (Å²) >= 11 is 0. The second-order valence-corrected chi connectivity index (χ2v) is 8.72. The van der Waals surface area contributed by atoms with Gasteiger partial charge >= 0.3 is 5.97 Å². The standard InChI is InChI=1S/C16H23O6PS/c1-5-22-15(17)16(4,23-18)13(11(2)3)14(24(19,20)21)12-9-7-6-8-10-12/h6-11,13-14H,5H2,1-4H3,(H,19,20,21). The number of hydrogen-bond donors (Lipinski definition) is 1. The lowest BCUT2D eigenvalue weighted by molar-refractivity contribution is -0.148. The lowest BCUT2D eigenvalue weighted by Gasteiger charge is -2.37. The van der Waals surface area contributed by atoms with E-state index in [1.165, 1.54) is 6.92 Å². The Kier molecular flexibility index (Phi) is 7.08. The minimum atomic E-state index is -4.56. The molecule has 1 rings (SSSR count). The summed E-state index contributed by atoms with van der Waals surface area (Å²) in [4.78, 5) is 12.4. The Bertz CT molecular complexity index is 673. The third-order valence-corrected chi connectivity index (χ3v) is 6.09. The van der Waals surface area contributed by atoms with Crippen LogP contribution in [-0.4, -0.2) is 30.7 Å². The maximum Gasteiger partial charge on any atom is 0.323 e. The number of ether oxygens (including phenoxy) is 1. The van der Waals surface area contributed by atoms with Crippen molar-refractivity contribution >= 4 is 24.5 Å². The van der Waals surface area contributed by atoms with Gasteiger partial charge in [-0.05, 0) is 25.3 Å². The van der Waals surface area contributed by atoms with Crippen molar-refractivity contribution in [1.29, 1.82) is 0 Å². The molecule has 1 aromatic rings. The van der Waals surface area contributed by atoms with Crippen LogP contribution in [0.3, 0.4) is 0 Å². The molecule has 8 heteroatoms. The van der Waals surface area contributed by atoms with Crippen LogP contribution in [0.2, 0.25) is 0 Å². The topological polar surface area (TPSA) is 97.7 Å². The number of carbonyl (C=O) groups is 1. The van der Waals surface area contributed by atoms with Gasteiger partial charge in [-0.3, -0.25) is 13.9 Å². The lowest BCUT2D eigenvalue weighted by Crippen LogP contribution is -2.46. The van der Waals surface area contributed by atoms with Gasteiger partial charge in [0.15, 0.2) is 8.46 Å². The fraction of sp³-hybridized carbons (Fsp3) is 0.562. The molecular weight excluding hydrogens is 351 g/mol. The van der Waals surface area contributed by atoms with E-state index in [0.717, 1.165) is 0 Å². The Morgan fingerprint density at radius 2 is 1.83 bits per heavy atom. The molecule has 3 unspecified atom stereocenters. The van der Waals surface area contributed by atoms with Gasteiger partial charge in [-0.1, -0.05) is 44.2 Å². The maximum absolute atomic E-state index is 12.4. The Hall–Kier alpha value is -1.30. The molecule has 0 amide bonds. The summed E-state index contributed by atoms with van der Waals surface area (Å²) in [6, 6.07) is 8.11. The Balaban J connectivity index is 3.59.